The summed E-state index contributed by atoms with van der Waals surface area (Å²) < 4.78 is 0. The molecular weight excluding hydrogens is 340 g/mol. The van der Waals surface area contributed by atoms with E-state index in [9.17, 15) is 5.11 Å². The van der Waals surface area contributed by atoms with Gasteiger partial charge in [-0.2, -0.15) is 0 Å². The van der Waals surface area contributed by atoms with Crippen LogP contribution in [0.25, 0.3) is 5.57 Å². The predicted octanol–water partition coefficient (Wildman–Crippen LogP) is 6.44. The van der Waals surface area contributed by atoms with Crippen molar-refractivity contribution in [1.82, 2.24) is 0 Å². The quantitative estimate of drug-likeness (QED) is 0.600. The van der Waals surface area contributed by atoms with Gasteiger partial charge in [0.2, 0.25) is 0 Å². The van der Waals surface area contributed by atoms with Gasteiger partial charge in [0.25, 0.3) is 0 Å². The highest BCUT2D eigenvalue weighted by molar-refractivity contribution is 5.74. The molecule has 0 aliphatic heterocycles. The van der Waals surface area contributed by atoms with Gasteiger partial charge < -0.3 is 5.11 Å². The molecule has 1 nitrogen and oxygen atoms in total. The zero-order valence-electron chi connectivity index (χ0n) is 18.1. The van der Waals surface area contributed by atoms with Crippen LogP contribution in [0.2, 0.25) is 0 Å². The van der Waals surface area contributed by atoms with Crippen molar-refractivity contribution in [3.8, 4) is 0 Å². The molecule has 1 heteroatoms. The third-order valence-corrected chi connectivity index (χ3v) is 6.81. The Kier molecular flexibility index (Phi) is 4.58. The van der Waals surface area contributed by atoms with Crippen molar-refractivity contribution in [2.75, 3.05) is 0 Å². The fraction of sp³-hybridized carbons (Fsp3) is 0.481. The zero-order chi connectivity index (χ0) is 20.3. The zero-order valence-corrected chi connectivity index (χ0v) is 18.1. The van der Waals surface area contributed by atoms with Crippen LogP contribution in [0.1, 0.15) is 47.1 Å². The van der Waals surface area contributed by atoms with E-state index in [1.165, 1.54) is 22.3 Å². The molecule has 3 aliphatic carbocycles. The van der Waals surface area contributed by atoms with Crippen molar-refractivity contribution < 1.29 is 5.11 Å². The van der Waals surface area contributed by atoms with E-state index in [0.717, 1.165) is 0 Å². The maximum Gasteiger partial charge on any atom is 0.0677 e. The monoisotopic (exact) mass is 374 g/mol. The third-order valence-electron chi connectivity index (χ3n) is 6.81. The van der Waals surface area contributed by atoms with Gasteiger partial charge in [0.05, 0.1) is 6.10 Å². The van der Waals surface area contributed by atoms with Gasteiger partial charge >= 0.3 is 0 Å². The summed E-state index contributed by atoms with van der Waals surface area (Å²) in [5.74, 6) is 1.05. The first-order valence-corrected chi connectivity index (χ1v) is 10.7. The molecule has 0 amide bonds. The highest BCUT2D eigenvalue weighted by Crippen LogP contribution is 2.55. The maximum atomic E-state index is 11.4. The first kappa shape index (κ1) is 19.5. The Balaban J connectivity index is 1.82. The minimum Gasteiger partial charge on any atom is -0.392 e. The minimum absolute atomic E-state index is 0.0702. The smallest absolute Gasteiger partial charge is 0.0677 e. The number of fused-ring (bicyclic) bond motifs is 3. The molecule has 0 bridgehead atoms. The molecule has 3 aliphatic rings. The fourth-order valence-corrected chi connectivity index (χ4v) is 5.14. The number of rotatable bonds is 1. The van der Waals surface area contributed by atoms with E-state index in [0.29, 0.717) is 11.8 Å². The van der Waals surface area contributed by atoms with Gasteiger partial charge in [0.1, 0.15) is 0 Å². The summed E-state index contributed by atoms with van der Waals surface area (Å²) in [5.41, 5.74) is 5.55. The summed E-state index contributed by atoms with van der Waals surface area (Å²) in [5, 5.41) is 11.4. The van der Waals surface area contributed by atoms with Crippen molar-refractivity contribution in [1.29, 1.82) is 0 Å². The Labute approximate surface area is 170 Å². The summed E-state index contributed by atoms with van der Waals surface area (Å²) in [7, 11) is 0. The molecule has 1 aromatic carbocycles. The fourth-order valence-electron chi connectivity index (χ4n) is 5.14. The largest absolute Gasteiger partial charge is 0.392 e. The van der Waals surface area contributed by atoms with E-state index < -0.39 is 0 Å². The Hall–Kier alpha value is -1.86. The molecule has 5 atom stereocenters. The predicted molar refractivity (Wildman–Crippen MR) is 119 cm³/mol. The molecule has 0 aromatic heterocycles. The Morgan fingerprint density at radius 2 is 1.36 bits per heavy atom. The van der Waals surface area contributed by atoms with Gasteiger partial charge in [-0.1, -0.05) is 102 Å². The van der Waals surface area contributed by atoms with E-state index in [2.05, 4.69) is 102 Å². The molecule has 0 saturated heterocycles. The molecule has 0 heterocycles. The van der Waals surface area contributed by atoms with Crippen molar-refractivity contribution >= 4 is 5.57 Å². The lowest BCUT2D eigenvalue weighted by Crippen LogP contribution is -2.26. The molecule has 5 unspecified atom stereocenters. The summed E-state index contributed by atoms with van der Waals surface area (Å²) >= 11 is 0. The van der Waals surface area contributed by atoms with E-state index in [1.807, 2.05) is 0 Å². The SMILES string of the molecule is CC(C)(C)C1=CC2C(O)C3C=C(C(C)(C)C)C=C(c4ccccc4)C3C2C=C1. The number of benzene rings is 1. The van der Waals surface area contributed by atoms with Crippen LogP contribution in [0.3, 0.4) is 0 Å². The van der Waals surface area contributed by atoms with Crippen molar-refractivity contribution in [2.45, 2.75) is 47.6 Å². The number of aliphatic hydroxyl groups is 1. The molecule has 1 aromatic rings. The molecule has 0 radical (unpaired) electrons. The highest BCUT2D eigenvalue weighted by atomic mass is 16.3. The van der Waals surface area contributed by atoms with Crippen LogP contribution < -0.4 is 0 Å². The number of hydrogen-bond acceptors (Lipinski definition) is 1. The van der Waals surface area contributed by atoms with E-state index in [4.69, 9.17) is 0 Å². The molecule has 0 spiro atoms. The third kappa shape index (κ3) is 3.24. The second-order valence-corrected chi connectivity index (χ2v) is 10.8. The average Bonchev–Trinajstić information content (AvgIpc) is 2.93. The number of hydrogen-bond donors (Lipinski definition) is 1. The van der Waals surface area contributed by atoms with Crippen LogP contribution in [0.4, 0.5) is 0 Å². The summed E-state index contributed by atoms with van der Waals surface area (Å²) in [6.45, 7) is 13.6. The van der Waals surface area contributed by atoms with E-state index in [1.54, 1.807) is 0 Å². The first-order chi connectivity index (χ1) is 13.1. The lowest BCUT2D eigenvalue weighted by Gasteiger charge is -2.34. The van der Waals surface area contributed by atoms with Crippen LogP contribution in [-0.2, 0) is 0 Å². The van der Waals surface area contributed by atoms with Gasteiger partial charge in [-0.25, -0.2) is 0 Å². The Morgan fingerprint density at radius 3 is 1.96 bits per heavy atom. The first-order valence-electron chi connectivity index (χ1n) is 10.7. The summed E-state index contributed by atoms with van der Waals surface area (Å²) in [6.07, 6.45) is 11.5. The van der Waals surface area contributed by atoms with Crippen LogP contribution in [0, 0.1) is 34.5 Å². The molecule has 28 heavy (non-hydrogen) atoms. The van der Waals surface area contributed by atoms with Crippen molar-refractivity contribution in [2.24, 2.45) is 34.5 Å². The summed E-state index contributed by atoms with van der Waals surface area (Å²) in [6, 6.07) is 10.8. The number of allylic oxidation sites excluding steroid dienone is 6. The molecule has 1 saturated carbocycles. The minimum atomic E-state index is -0.331. The van der Waals surface area contributed by atoms with Crippen molar-refractivity contribution in [3.63, 3.8) is 0 Å². The highest BCUT2D eigenvalue weighted by Gasteiger charge is 2.51. The van der Waals surface area contributed by atoms with Gasteiger partial charge in [-0.05, 0) is 39.0 Å². The Bertz CT molecular complexity index is 867. The van der Waals surface area contributed by atoms with Crippen LogP contribution in [0.5, 0.6) is 0 Å². The molecule has 1 fully saturated rings. The van der Waals surface area contributed by atoms with Gasteiger partial charge in [0, 0.05) is 17.8 Å². The molecule has 148 valence electrons. The second-order valence-electron chi connectivity index (χ2n) is 10.8. The maximum absolute atomic E-state index is 11.4. The van der Waals surface area contributed by atoms with Crippen LogP contribution in [0.15, 0.2) is 71.9 Å². The van der Waals surface area contributed by atoms with Crippen LogP contribution in [-0.4, -0.2) is 11.2 Å². The van der Waals surface area contributed by atoms with E-state index in [-0.39, 0.29) is 28.8 Å². The lowest BCUT2D eigenvalue weighted by atomic mass is 9.70. The topological polar surface area (TPSA) is 20.2 Å². The second kappa shape index (κ2) is 6.59. The van der Waals surface area contributed by atoms with Gasteiger partial charge in [0.15, 0.2) is 0 Å². The van der Waals surface area contributed by atoms with Crippen LogP contribution >= 0.6 is 0 Å². The summed E-state index contributed by atoms with van der Waals surface area (Å²) in [4.78, 5) is 0. The normalized spacial score (nSPS) is 32.2. The lowest BCUT2D eigenvalue weighted by molar-refractivity contribution is 0.117. The number of aliphatic hydroxyl groups excluding tert-OH is 1. The standard InChI is InChI=1S/C27H34O/c1-26(2,3)18-12-13-20-22(14-18)25(28)23-16-19(27(4,5)6)15-21(24(20)23)17-10-8-7-9-11-17/h7-16,20,22-25,28H,1-6H3. The van der Waals surface area contributed by atoms with Gasteiger partial charge in [-0.15, -0.1) is 0 Å². The van der Waals surface area contributed by atoms with Crippen molar-refractivity contribution in [3.05, 3.63) is 77.4 Å². The molecule has 4 rings (SSSR count). The molecule has 1 N–H and O–H groups in total. The van der Waals surface area contributed by atoms with Gasteiger partial charge in [-0.3, -0.25) is 0 Å². The van der Waals surface area contributed by atoms with E-state index >= 15 is 0 Å². The molecular formula is C27H34O. The average molecular weight is 375 g/mol. The Morgan fingerprint density at radius 1 is 0.750 bits per heavy atom.